The molecule has 100 valence electrons. The van der Waals surface area contributed by atoms with E-state index in [0.29, 0.717) is 11.0 Å². The first kappa shape index (κ1) is 15.1. The van der Waals surface area contributed by atoms with Crippen molar-refractivity contribution in [2.24, 2.45) is 5.73 Å². The maximum absolute atomic E-state index is 5.77. The summed E-state index contributed by atoms with van der Waals surface area (Å²) in [5.41, 5.74) is 7.08. The Bertz CT molecular complexity index is 345. The van der Waals surface area contributed by atoms with Gasteiger partial charge in [-0.05, 0) is 31.5 Å². The minimum absolute atomic E-state index is 0.323. The largest absolute Gasteiger partial charge is 0.393 e. The summed E-state index contributed by atoms with van der Waals surface area (Å²) >= 11 is 5.11. The number of nitrogens with zero attached hydrogens (tertiary/aromatic N) is 1. The van der Waals surface area contributed by atoms with Crippen molar-refractivity contribution in [3.05, 3.63) is 35.9 Å². The molecule has 0 amide bonds. The van der Waals surface area contributed by atoms with Crippen molar-refractivity contribution in [1.82, 2.24) is 4.90 Å². The van der Waals surface area contributed by atoms with Crippen molar-refractivity contribution < 1.29 is 0 Å². The standard InChI is InChI=1S/C15H24N2S/c1-3-10-17(11-4-2)14(12-15(16)18)13-8-6-5-7-9-13/h5-9,14H,3-4,10-12H2,1-2H3,(H2,16,18). The molecule has 0 aliphatic carbocycles. The van der Waals surface area contributed by atoms with Gasteiger partial charge in [0.1, 0.15) is 0 Å². The molecule has 2 N–H and O–H groups in total. The zero-order valence-corrected chi connectivity index (χ0v) is 12.2. The van der Waals surface area contributed by atoms with Gasteiger partial charge >= 0.3 is 0 Å². The summed E-state index contributed by atoms with van der Waals surface area (Å²) in [7, 11) is 0. The quantitative estimate of drug-likeness (QED) is 0.728. The smallest absolute Gasteiger partial charge is 0.0746 e. The number of nitrogens with two attached hydrogens (primary N) is 1. The molecule has 0 spiro atoms. The molecule has 3 heteroatoms. The fourth-order valence-electron chi connectivity index (χ4n) is 2.32. The molecule has 18 heavy (non-hydrogen) atoms. The third-order valence-electron chi connectivity index (χ3n) is 3.04. The molecule has 1 unspecified atom stereocenters. The van der Waals surface area contributed by atoms with Gasteiger partial charge in [-0.15, -0.1) is 0 Å². The highest BCUT2D eigenvalue weighted by Gasteiger charge is 2.19. The van der Waals surface area contributed by atoms with Crippen LogP contribution in [0.4, 0.5) is 0 Å². The summed E-state index contributed by atoms with van der Waals surface area (Å²) in [4.78, 5) is 3.09. The molecule has 0 aliphatic rings. The highest BCUT2D eigenvalue weighted by Crippen LogP contribution is 2.24. The predicted octanol–water partition coefficient (Wildman–Crippen LogP) is 3.53. The lowest BCUT2D eigenvalue weighted by molar-refractivity contribution is 0.202. The zero-order valence-electron chi connectivity index (χ0n) is 11.4. The molecule has 0 saturated heterocycles. The summed E-state index contributed by atoms with van der Waals surface area (Å²) < 4.78 is 0. The van der Waals surface area contributed by atoms with Crippen LogP contribution in [-0.4, -0.2) is 23.0 Å². The monoisotopic (exact) mass is 264 g/mol. The molecule has 1 atom stereocenters. The summed E-state index contributed by atoms with van der Waals surface area (Å²) in [5, 5.41) is 0. The Kier molecular flexibility index (Phi) is 6.91. The van der Waals surface area contributed by atoms with Crippen LogP contribution in [0.3, 0.4) is 0 Å². The minimum Gasteiger partial charge on any atom is -0.393 e. The van der Waals surface area contributed by atoms with Gasteiger partial charge in [-0.2, -0.15) is 0 Å². The van der Waals surface area contributed by atoms with E-state index in [1.807, 2.05) is 6.07 Å². The second-order valence-electron chi connectivity index (χ2n) is 4.63. The van der Waals surface area contributed by atoms with E-state index in [2.05, 4.69) is 43.0 Å². The van der Waals surface area contributed by atoms with Gasteiger partial charge in [-0.3, -0.25) is 4.90 Å². The molecule has 1 aromatic carbocycles. The van der Waals surface area contributed by atoms with E-state index in [4.69, 9.17) is 18.0 Å². The molecule has 0 heterocycles. The molecule has 0 aliphatic heterocycles. The normalized spacial score (nSPS) is 12.6. The van der Waals surface area contributed by atoms with Crippen molar-refractivity contribution in [3.8, 4) is 0 Å². The SMILES string of the molecule is CCCN(CCC)C(CC(N)=S)c1ccccc1. The maximum atomic E-state index is 5.77. The van der Waals surface area contributed by atoms with Crippen molar-refractivity contribution in [3.63, 3.8) is 0 Å². The van der Waals surface area contributed by atoms with E-state index in [-0.39, 0.29) is 0 Å². The predicted molar refractivity (Wildman–Crippen MR) is 82.7 cm³/mol. The van der Waals surface area contributed by atoms with Gasteiger partial charge in [0.05, 0.1) is 4.99 Å². The van der Waals surface area contributed by atoms with Crippen LogP contribution in [0, 0.1) is 0 Å². The van der Waals surface area contributed by atoms with E-state index in [1.54, 1.807) is 0 Å². The Balaban J connectivity index is 2.91. The third kappa shape index (κ3) is 4.75. The Morgan fingerprint density at radius 1 is 1.17 bits per heavy atom. The Morgan fingerprint density at radius 2 is 1.72 bits per heavy atom. The molecule has 0 saturated carbocycles. The van der Waals surface area contributed by atoms with E-state index in [9.17, 15) is 0 Å². The number of thiocarbonyl (C=S) groups is 1. The fraction of sp³-hybridized carbons (Fsp3) is 0.533. The van der Waals surface area contributed by atoms with Gasteiger partial charge in [-0.25, -0.2) is 0 Å². The maximum Gasteiger partial charge on any atom is 0.0746 e. The van der Waals surface area contributed by atoms with Crippen molar-refractivity contribution in [1.29, 1.82) is 0 Å². The lowest BCUT2D eigenvalue weighted by Gasteiger charge is -2.31. The topological polar surface area (TPSA) is 29.3 Å². The average molecular weight is 264 g/mol. The van der Waals surface area contributed by atoms with Crippen LogP contribution in [0.2, 0.25) is 0 Å². The van der Waals surface area contributed by atoms with Gasteiger partial charge < -0.3 is 5.73 Å². The van der Waals surface area contributed by atoms with E-state index in [0.717, 1.165) is 32.4 Å². The molecular formula is C15H24N2S. The average Bonchev–Trinajstić information content (AvgIpc) is 2.37. The first-order chi connectivity index (χ1) is 8.69. The van der Waals surface area contributed by atoms with Crippen LogP contribution < -0.4 is 5.73 Å². The Morgan fingerprint density at radius 3 is 2.17 bits per heavy atom. The third-order valence-corrected chi connectivity index (χ3v) is 3.21. The van der Waals surface area contributed by atoms with E-state index >= 15 is 0 Å². The van der Waals surface area contributed by atoms with Gasteiger partial charge in [0.15, 0.2) is 0 Å². The van der Waals surface area contributed by atoms with Gasteiger partial charge in [-0.1, -0.05) is 56.4 Å². The fourth-order valence-corrected chi connectivity index (χ4v) is 2.48. The molecule has 0 radical (unpaired) electrons. The van der Waals surface area contributed by atoms with Crippen LogP contribution in [0.25, 0.3) is 0 Å². The minimum atomic E-state index is 0.323. The van der Waals surface area contributed by atoms with Crippen molar-refractivity contribution in [2.75, 3.05) is 13.1 Å². The van der Waals surface area contributed by atoms with Crippen LogP contribution in [0.5, 0.6) is 0 Å². The molecule has 0 bridgehead atoms. The Hall–Kier alpha value is -0.930. The number of benzene rings is 1. The highest BCUT2D eigenvalue weighted by atomic mass is 32.1. The summed E-state index contributed by atoms with van der Waals surface area (Å²) in [6.07, 6.45) is 3.07. The molecule has 1 aromatic rings. The lowest BCUT2D eigenvalue weighted by Crippen LogP contribution is -2.33. The van der Waals surface area contributed by atoms with Crippen LogP contribution in [0.15, 0.2) is 30.3 Å². The van der Waals surface area contributed by atoms with Gasteiger partial charge in [0.2, 0.25) is 0 Å². The number of hydrogen-bond donors (Lipinski definition) is 1. The Labute approximate surface area is 116 Å². The lowest BCUT2D eigenvalue weighted by atomic mass is 10.0. The van der Waals surface area contributed by atoms with Gasteiger partial charge in [0.25, 0.3) is 0 Å². The molecule has 2 nitrogen and oxygen atoms in total. The van der Waals surface area contributed by atoms with Crippen LogP contribution in [0.1, 0.15) is 44.7 Å². The van der Waals surface area contributed by atoms with Crippen LogP contribution >= 0.6 is 12.2 Å². The number of rotatable bonds is 8. The first-order valence-corrected chi connectivity index (χ1v) is 7.17. The highest BCUT2D eigenvalue weighted by molar-refractivity contribution is 7.80. The summed E-state index contributed by atoms with van der Waals surface area (Å²) in [6.45, 7) is 6.61. The van der Waals surface area contributed by atoms with Crippen molar-refractivity contribution >= 4 is 17.2 Å². The summed E-state index contributed by atoms with van der Waals surface area (Å²) in [5.74, 6) is 0. The van der Waals surface area contributed by atoms with Gasteiger partial charge in [0, 0.05) is 12.5 Å². The second-order valence-corrected chi connectivity index (χ2v) is 5.16. The van der Waals surface area contributed by atoms with Crippen LogP contribution in [-0.2, 0) is 0 Å². The number of hydrogen-bond acceptors (Lipinski definition) is 2. The van der Waals surface area contributed by atoms with E-state index < -0.39 is 0 Å². The zero-order chi connectivity index (χ0) is 13.4. The first-order valence-electron chi connectivity index (χ1n) is 6.76. The molecular weight excluding hydrogens is 240 g/mol. The second kappa shape index (κ2) is 8.22. The molecule has 0 fully saturated rings. The molecule has 1 rings (SSSR count). The molecule has 0 aromatic heterocycles. The van der Waals surface area contributed by atoms with E-state index in [1.165, 1.54) is 5.56 Å². The summed E-state index contributed by atoms with van der Waals surface area (Å²) in [6, 6.07) is 10.9. The van der Waals surface area contributed by atoms with Crippen molar-refractivity contribution in [2.45, 2.75) is 39.2 Å².